The molecule has 0 aliphatic carbocycles. The van der Waals surface area contributed by atoms with Gasteiger partial charge in [-0.1, -0.05) is 18.2 Å². The van der Waals surface area contributed by atoms with Crippen molar-refractivity contribution in [1.29, 1.82) is 0 Å². The average Bonchev–Trinajstić information content (AvgIpc) is 3.35. The predicted octanol–water partition coefficient (Wildman–Crippen LogP) is 2.80. The van der Waals surface area contributed by atoms with Crippen LogP contribution in [0.2, 0.25) is 0 Å². The van der Waals surface area contributed by atoms with Gasteiger partial charge in [-0.15, -0.1) is 11.3 Å². The molecule has 144 valence electrons. The van der Waals surface area contributed by atoms with Gasteiger partial charge in [0.15, 0.2) is 0 Å². The first-order chi connectivity index (χ1) is 13.0. The minimum Gasteiger partial charge on any atom is -0.347 e. The number of benzene rings is 1. The molecule has 0 unspecified atom stereocenters. The Labute approximate surface area is 168 Å². The van der Waals surface area contributed by atoms with Gasteiger partial charge in [-0.05, 0) is 49.5 Å². The zero-order chi connectivity index (χ0) is 19.4. The maximum atomic E-state index is 12.8. The summed E-state index contributed by atoms with van der Waals surface area (Å²) in [5.41, 5.74) is 1.67. The number of hydrogen-bond acceptors (Lipinski definition) is 5. The second kappa shape index (κ2) is 8.91. The lowest BCUT2D eigenvalue weighted by atomic mass is 10.1. The smallest absolute Gasteiger partial charge is 0.261 e. The second-order valence-electron chi connectivity index (χ2n) is 6.87. The van der Waals surface area contributed by atoms with Crippen LogP contribution < -0.4 is 5.32 Å². The number of carbonyl (C=O) groups excluding carboxylic acids is 2. The number of rotatable bonds is 6. The van der Waals surface area contributed by atoms with Crippen LogP contribution in [0.1, 0.15) is 25.6 Å². The van der Waals surface area contributed by atoms with Gasteiger partial charge in [0, 0.05) is 36.5 Å². The molecule has 0 spiro atoms. The van der Waals surface area contributed by atoms with Crippen LogP contribution in [0.4, 0.5) is 0 Å². The van der Waals surface area contributed by atoms with Gasteiger partial charge in [0.2, 0.25) is 0 Å². The van der Waals surface area contributed by atoms with Crippen LogP contribution in [-0.2, 0) is 6.54 Å². The molecule has 0 saturated carbocycles. The monoisotopic (exact) mass is 403 g/mol. The molecule has 0 bridgehead atoms. The molecule has 3 rings (SSSR count). The quantitative estimate of drug-likeness (QED) is 0.806. The van der Waals surface area contributed by atoms with Crippen LogP contribution in [0.25, 0.3) is 0 Å². The minimum absolute atomic E-state index is 0.0694. The first-order valence-electron chi connectivity index (χ1n) is 8.88. The van der Waals surface area contributed by atoms with E-state index in [1.807, 2.05) is 52.4 Å². The zero-order valence-electron chi connectivity index (χ0n) is 15.8. The Morgan fingerprint density at radius 2 is 1.96 bits per heavy atom. The van der Waals surface area contributed by atoms with Crippen LogP contribution in [0.5, 0.6) is 0 Å². The van der Waals surface area contributed by atoms with Crippen molar-refractivity contribution >= 4 is 34.9 Å². The van der Waals surface area contributed by atoms with Gasteiger partial charge in [0.05, 0.1) is 4.88 Å². The van der Waals surface area contributed by atoms with Crippen molar-refractivity contribution in [2.45, 2.75) is 17.8 Å². The topological polar surface area (TPSA) is 52.7 Å². The van der Waals surface area contributed by atoms with E-state index in [9.17, 15) is 9.59 Å². The number of thioether (sulfide) groups is 1. The number of hydrogen-bond donors (Lipinski definition) is 1. The highest BCUT2D eigenvalue weighted by atomic mass is 32.2. The van der Waals surface area contributed by atoms with E-state index in [4.69, 9.17) is 0 Å². The molecule has 1 aliphatic rings. The molecule has 1 N–H and O–H groups in total. The number of likely N-dealkylation sites (tertiary alicyclic amines) is 1. The number of nitrogens with zero attached hydrogens (tertiary/aromatic N) is 2. The van der Waals surface area contributed by atoms with E-state index in [0.717, 1.165) is 18.7 Å². The SMILES string of the molecule is CS[C@@H]1CN(C(=O)c2ccc(CNC(=O)c3cccs3)cc2)C[C@H]1N(C)C. The Morgan fingerprint density at radius 3 is 2.52 bits per heavy atom. The van der Waals surface area contributed by atoms with Crippen LogP contribution in [0.3, 0.4) is 0 Å². The summed E-state index contributed by atoms with van der Waals surface area (Å²) in [4.78, 5) is 29.7. The Kier molecular flexibility index (Phi) is 6.57. The average molecular weight is 404 g/mol. The predicted molar refractivity (Wildman–Crippen MR) is 113 cm³/mol. The summed E-state index contributed by atoms with van der Waals surface area (Å²) in [6.45, 7) is 1.99. The van der Waals surface area contributed by atoms with E-state index in [1.54, 1.807) is 6.07 Å². The van der Waals surface area contributed by atoms with E-state index < -0.39 is 0 Å². The van der Waals surface area contributed by atoms with Crippen LogP contribution >= 0.6 is 23.1 Å². The Bertz CT molecular complexity index is 775. The number of carbonyl (C=O) groups is 2. The van der Waals surface area contributed by atoms with Gasteiger partial charge >= 0.3 is 0 Å². The Balaban J connectivity index is 1.58. The Morgan fingerprint density at radius 1 is 1.22 bits per heavy atom. The highest BCUT2D eigenvalue weighted by Gasteiger charge is 2.36. The van der Waals surface area contributed by atoms with E-state index in [2.05, 4.69) is 30.6 Å². The fraction of sp³-hybridized carbons (Fsp3) is 0.400. The highest BCUT2D eigenvalue weighted by molar-refractivity contribution is 7.99. The van der Waals surface area contributed by atoms with E-state index in [-0.39, 0.29) is 11.8 Å². The van der Waals surface area contributed by atoms with Gasteiger partial charge in [-0.2, -0.15) is 11.8 Å². The first kappa shape index (κ1) is 19.9. The number of nitrogens with one attached hydrogen (secondary N) is 1. The fourth-order valence-electron chi connectivity index (χ4n) is 3.28. The molecule has 0 radical (unpaired) electrons. The Hall–Kier alpha value is -1.83. The lowest BCUT2D eigenvalue weighted by Gasteiger charge is -2.23. The van der Waals surface area contributed by atoms with Crippen LogP contribution in [0.15, 0.2) is 41.8 Å². The summed E-state index contributed by atoms with van der Waals surface area (Å²) in [6, 6.07) is 11.6. The molecule has 2 aromatic rings. The molecule has 2 atom stereocenters. The lowest BCUT2D eigenvalue weighted by Crippen LogP contribution is -2.37. The van der Waals surface area contributed by atoms with Crippen molar-refractivity contribution in [3.63, 3.8) is 0 Å². The third-order valence-electron chi connectivity index (χ3n) is 4.89. The fourth-order valence-corrected chi connectivity index (χ4v) is 4.89. The maximum absolute atomic E-state index is 12.8. The van der Waals surface area contributed by atoms with Crippen molar-refractivity contribution in [2.75, 3.05) is 33.4 Å². The van der Waals surface area contributed by atoms with Crippen molar-refractivity contribution in [3.8, 4) is 0 Å². The molecule has 1 aromatic carbocycles. The van der Waals surface area contributed by atoms with E-state index in [1.165, 1.54) is 11.3 Å². The van der Waals surface area contributed by atoms with E-state index in [0.29, 0.717) is 28.3 Å². The maximum Gasteiger partial charge on any atom is 0.261 e. The summed E-state index contributed by atoms with van der Waals surface area (Å²) in [6.07, 6.45) is 2.11. The minimum atomic E-state index is -0.0694. The van der Waals surface area contributed by atoms with Gasteiger partial charge in [0.25, 0.3) is 11.8 Å². The van der Waals surface area contributed by atoms with Crippen LogP contribution in [0, 0.1) is 0 Å². The molecule has 2 amide bonds. The molecule has 1 aliphatic heterocycles. The number of thiophene rings is 1. The standard InChI is InChI=1S/C20H25N3O2S2/c1-22(2)16-12-23(13-18(16)26-3)20(25)15-8-6-14(7-9-15)11-21-19(24)17-5-4-10-27-17/h4-10,16,18H,11-13H2,1-3H3,(H,21,24)/t16-,18-/m1/s1. The first-order valence-corrected chi connectivity index (χ1v) is 11.1. The molecule has 1 aromatic heterocycles. The summed E-state index contributed by atoms with van der Waals surface area (Å²) in [5.74, 6) is 0.00706. The van der Waals surface area contributed by atoms with Gasteiger partial charge in [-0.3, -0.25) is 9.59 Å². The highest BCUT2D eigenvalue weighted by Crippen LogP contribution is 2.25. The molecule has 1 saturated heterocycles. The van der Waals surface area contributed by atoms with Crippen LogP contribution in [-0.4, -0.2) is 66.3 Å². The molecule has 1 fully saturated rings. The third-order valence-corrected chi connectivity index (χ3v) is 6.83. The largest absolute Gasteiger partial charge is 0.347 e. The van der Waals surface area contributed by atoms with Gasteiger partial charge in [-0.25, -0.2) is 0 Å². The second-order valence-corrected chi connectivity index (χ2v) is 8.90. The molecule has 2 heterocycles. The molecule has 5 nitrogen and oxygen atoms in total. The normalized spacial score (nSPS) is 19.5. The molecular weight excluding hydrogens is 378 g/mol. The molecule has 7 heteroatoms. The third kappa shape index (κ3) is 4.72. The van der Waals surface area contributed by atoms with Crippen molar-refractivity contribution < 1.29 is 9.59 Å². The van der Waals surface area contributed by atoms with Gasteiger partial charge in [0.1, 0.15) is 0 Å². The summed E-state index contributed by atoms with van der Waals surface area (Å²) >= 11 is 3.24. The van der Waals surface area contributed by atoms with Crippen molar-refractivity contribution in [1.82, 2.24) is 15.1 Å². The molecule has 27 heavy (non-hydrogen) atoms. The van der Waals surface area contributed by atoms with E-state index >= 15 is 0 Å². The summed E-state index contributed by atoms with van der Waals surface area (Å²) < 4.78 is 0. The summed E-state index contributed by atoms with van der Waals surface area (Å²) in [5, 5.41) is 5.23. The van der Waals surface area contributed by atoms with Crippen molar-refractivity contribution in [2.24, 2.45) is 0 Å². The van der Waals surface area contributed by atoms with Gasteiger partial charge < -0.3 is 15.1 Å². The molecular formula is C20H25N3O2S2. The zero-order valence-corrected chi connectivity index (χ0v) is 17.5. The van der Waals surface area contributed by atoms with Crippen molar-refractivity contribution in [3.05, 3.63) is 57.8 Å². The summed E-state index contributed by atoms with van der Waals surface area (Å²) in [7, 11) is 4.14. The lowest BCUT2D eigenvalue weighted by molar-refractivity contribution is 0.0782. The number of likely N-dealkylation sites (N-methyl/N-ethyl adjacent to an activating group) is 1. The number of amides is 2.